The number of halogens is 1. The van der Waals surface area contributed by atoms with E-state index in [4.69, 9.17) is 4.74 Å². The Morgan fingerprint density at radius 2 is 1.90 bits per heavy atom. The Bertz CT molecular complexity index is 625. The van der Waals surface area contributed by atoms with E-state index >= 15 is 0 Å². The van der Waals surface area contributed by atoms with Crippen LogP contribution in [0.25, 0.3) is 0 Å². The average molecular weight is 395 g/mol. The van der Waals surface area contributed by atoms with Crippen LogP contribution in [0, 0.1) is 17.4 Å². The number of aryl methyl sites for hydroxylation is 2. The molecule has 0 heterocycles. The van der Waals surface area contributed by atoms with Crippen molar-refractivity contribution < 1.29 is 4.74 Å². The van der Waals surface area contributed by atoms with Crippen LogP contribution < -0.4 is 10.1 Å². The fourth-order valence-electron chi connectivity index (χ4n) is 2.64. The number of methoxy groups -OCH3 is 1. The number of rotatable bonds is 5. The summed E-state index contributed by atoms with van der Waals surface area (Å²) in [5.41, 5.74) is 5.04. The topological polar surface area (TPSA) is 21.3 Å². The molecule has 0 fully saturated rings. The third-order valence-corrected chi connectivity index (χ3v) is 4.36. The summed E-state index contributed by atoms with van der Waals surface area (Å²) in [5.74, 6) is 0.953. The van der Waals surface area contributed by atoms with Gasteiger partial charge in [-0.2, -0.15) is 0 Å². The van der Waals surface area contributed by atoms with Crippen LogP contribution in [0.2, 0.25) is 0 Å². The third-order valence-electron chi connectivity index (χ3n) is 3.68. The number of benzene rings is 2. The molecule has 2 nitrogen and oxygen atoms in total. The van der Waals surface area contributed by atoms with Crippen LogP contribution in [0.3, 0.4) is 0 Å². The maximum Gasteiger partial charge on any atom is 0.122 e. The summed E-state index contributed by atoms with van der Waals surface area (Å²) < 4.78 is 6.68. The summed E-state index contributed by atoms with van der Waals surface area (Å²) in [6, 6.07) is 13.3. The molecule has 0 aliphatic carbocycles. The molecule has 0 amide bonds. The summed E-state index contributed by atoms with van der Waals surface area (Å²) in [4.78, 5) is 0. The minimum absolute atomic E-state index is 0.217. The predicted molar refractivity (Wildman–Crippen MR) is 97.1 cm³/mol. The van der Waals surface area contributed by atoms with Gasteiger partial charge in [-0.05, 0) is 83.4 Å². The molecular weight excluding hydrogens is 373 g/mol. The lowest BCUT2D eigenvalue weighted by atomic mass is 9.93. The molecule has 0 bridgehead atoms. The molecule has 0 aromatic heterocycles. The molecular formula is C18H22INO. The van der Waals surface area contributed by atoms with Gasteiger partial charge < -0.3 is 10.1 Å². The summed E-state index contributed by atoms with van der Waals surface area (Å²) in [6.45, 7) is 7.32. The standard InChI is InChI=1S/C18H22INO/c1-5-20-18(14-7-6-8-15(19)11-14)16-9-13(3)17(21-4)10-12(16)2/h6-11,18,20H,5H2,1-4H3. The van der Waals surface area contributed by atoms with Crippen LogP contribution in [0.4, 0.5) is 0 Å². The molecule has 1 unspecified atom stereocenters. The number of nitrogens with one attached hydrogen (secondary N) is 1. The summed E-state index contributed by atoms with van der Waals surface area (Å²) in [7, 11) is 1.72. The quantitative estimate of drug-likeness (QED) is 0.747. The molecule has 2 aromatic rings. The fraction of sp³-hybridized carbons (Fsp3) is 0.333. The monoisotopic (exact) mass is 395 g/mol. The van der Waals surface area contributed by atoms with E-state index in [2.05, 4.69) is 85.1 Å². The van der Waals surface area contributed by atoms with Crippen molar-refractivity contribution in [3.8, 4) is 5.75 Å². The van der Waals surface area contributed by atoms with Gasteiger partial charge in [0.2, 0.25) is 0 Å². The molecule has 21 heavy (non-hydrogen) atoms. The normalized spacial score (nSPS) is 12.2. The number of ether oxygens (including phenoxy) is 1. The first-order chi connectivity index (χ1) is 10.1. The zero-order valence-corrected chi connectivity index (χ0v) is 15.2. The molecule has 1 N–H and O–H groups in total. The average Bonchev–Trinajstić information content (AvgIpc) is 2.47. The Labute approximate surface area is 141 Å². The molecule has 2 rings (SSSR count). The fourth-order valence-corrected chi connectivity index (χ4v) is 3.21. The van der Waals surface area contributed by atoms with Crippen molar-refractivity contribution >= 4 is 22.6 Å². The third kappa shape index (κ3) is 3.77. The Morgan fingerprint density at radius 3 is 2.52 bits per heavy atom. The highest BCUT2D eigenvalue weighted by atomic mass is 127. The van der Waals surface area contributed by atoms with Crippen molar-refractivity contribution in [3.63, 3.8) is 0 Å². The van der Waals surface area contributed by atoms with Gasteiger partial charge in [0.25, 0.3) is 0 Å². The molecule has 0 aliphatic rings. The zero-order valence-electron chi connectivity index (χ0n) is 13.0. The van der Waals surface area contributed by atoms with Crippen molar-refractivity contribution in [1.29, 1.82) is 0 Å². The lowest BCUT2D eigenvalue weighted by Crippen LogP contribution is -2.23. The minimum atomic E-state index is 0.217. The molecule has 0 saturated carbocycles. The molecule has 0 aliphatic heterocycles. The van der Waals surface area contributed by atoms with E-state index in [0.717, 1.165) is 12.3 Å². The van der Waals surface area contributed by atoms with E-state index in [9.17, 15) is 0 Å². The SMILES string of the molecule is CCNC(c1cccc(I)c1)c1cc(C)c(OC)cc1C. The summed E-state index contributed by atoms with van der Waals surface area (Å²) >= 11 is 2.37. The Balaban J connectivity index is 2.50. The maximum absolute atomic E-state index is 5.42. The molecule has 0 radical (unpaired) electrons. The first-order valence-electron chi connectivity index (χ1n) is 7.20. The molecule has 0 spiro atoms. The van der Waals surface area contributed by atoms with Gasteiger partial charge in [0.15, 0.2) is 0 Å². The van der Waals surface area contributed by atoms with Gasteiger partial charge in [0, 0.05) is 3.57 Å². The van der Waals surface area contributed by atoms with E-state index in [-0.39, 0.29) is 6.04 Å². The molecule has 3 heteroatoms. The van der Waals surface area contributed by atoms with Gasteiger partial charge in [0.1, 0.15) is 5.75 Å². The van der Waals surface area contributed by atoms with Crippen LogP contribution in [0.15, 0.2) is 36.4 Å². The molecule has 1 atom stereocenters. The first-order valence-corrected chi connectivity index (χ1v) is 8.28. The van der Waals surface area contributed by atoms with Crippen molar-refractivity contribution in [2.24, 2.45) is 0 Å². The highest BCUT2D eigenvalue weighted by Gasteiger charge is 2.17. The summed E-state index contributed by atoms with van der Waals surface area (Å²) in [5, 5.41) is 3.60. The van der Waals surface area contributed by atoms with Crippen LogP contribution in [0.1, 0.15) is 35.2 Å². The zero-order chi connectivity index (χ0) is 15.4. The Kier molecular flexibility index (Phi) is 5.65. The van der Waals surface area contributed by atoms with E-state index in [1.165, 1.54) is 25.8 Å². The van der Waals surface area contributed by atoms with Crippen LogP contribution in [0.5, 0.6) is 5.75 Å². The van der Waals surface area contributed by atoms with E-state index in [1.807, 2.05) is 0 Å². The largest absolute Gasteiger partial charge is 0.496 e. The van der Waals surface area contributed by atoms with Gasteiger partial charge in [-0.1, -0.05) is 25.1 Å². The van der Waals surface area contributed by atoms with Crippen molar-refractivity contribution in [1.82, 2.24) is 5.32 Å². The van der Waals surface area contributed by atoms with Gasteiger partial charge in [-0.15, -0.1) is 0 Å². The molecule has 0 saturated heterocycles. The number of hydrogen-bond donors (Lipinski definition) is 1. The van der Waals surface area contributed by atoms with Crippen LogP contribution in [-0.4, -0.2) is 13.7 Å². The van der Waals surface area contributed by atoms with E-state index < -0.39 is 0 Å². The van der Waals surface area contributed by atoms with Crippen molar-refractivity contribution in [2.45, 2.75) is 26.8 Å². The van der Waals surface area contributed by atoms with Gasteiger partial charge in [-0.3, -0.25) is 0 Å². The highest BCUT2D eigenvalue weighted by molar-refractivity contribution is 14.1. The van der Waals surface area contributed by atoms with Gasteiger partial charge >= 0.3 is 0 Å². The van der Waals surface area contributed by atoms with E-state index in [1.54, 1.807) is 7.11 Å². The second kappa shape index (κ2) is 7.27. The lowest BCUT2D eigenvalue weighted by molar-refractivity contribution is 0.411. The molecule has 2 aromatic carbocycles. The second-order valence-electron chi connectivity index (χ2n) is 5.22. The number of hydrogen-bond acceptors (Lipinski definition) is 2. The smallest absolute Gasteiger partial charge is 0.122 e. The van der Waals surface area contributed by atoms with Crippen molar-refractivity contribution in [2.75, 3.05) is 13.7 Å². The molecule has 112 valence electrons. The second-order valence-corrected chi connectivity index (χ2v) is 6.47. The van der Waals surface area contributed by atoms with Crippen LogP contribution >= 0.6 is 22.6 Å². The lowest BCUT2D eigenvalue weighted by Gasteiger charge is -2.22. The predicted octanol–water partition coefficient (Wildman–Crippen LogP) is 4.62. The minimum Gasteiger partial charge on any atom is -0.496 e. The highest BCUT2D eigenvalue weighted by Crippen LogP contribution is 2.30. The Hall–Kier alpha value is -1.07. The maximum atomic E-state index is 5.42. The van der Waals surface area contributed by atoms with Gasteiger partial charge in [-0.25, -0.2) is 0 Å². The van der Waals surface area contributed by atoms with Crippen molar-refractivity contribution in [3.05, 3.63) is 62.2 Å². The Morgan fingerprint density at radius 1 is 1.14 bits per heavy atom. The van der Waals surface area contributed by atoms with Crippen LogP contribution in [-0.2, 0) is 0 Å². The first kappa shape index (κ1) is 16.3. The summed E-state index contributed by atoms with van der Waals surface area (Å²) in [6.07, 6.45) is 0. The van der Waals surface area contributed by atoms with E-state index in [0.29, 0.717) is 0 Å². The van der Waals surface area contributed by atoms with Gasteiger partial charge in [0.05, 0.1) is 13.2 Å².